The fourth-order valence-electron chi connectivity index (χ4n) is 2.13. The van der Waals surface area contributed by atoms with Crippen LogP contribution in [0.2, 0.25) is 0 Å². The fourth-order valence-corrected chi connectivity index (χ4v) is 3.43. The molecule has 1 saturated carbocycles. The van der Waals surface area contributed by atoms with Crippen molar-refractivity contribution >= 4 is 11.8 Å². The van der Waals surface area contributed by atoms with Crippen molar-refractivity contribution in [1.29, 1.82) is 0 Å². The first-order chi connectivity index (χ1) is 7.79. The third-order valence-electron chi connectivity index (χ3n) is 3.12. The van der Waals surface area contributed by atoms with E-state index in [1.807, 2.05) is 17.8 Å². The molecule has 2 rings (SSSR count). The second kappa shape index (κ2) is 5.69. The van der Waals surface area contributed by atoms with Crippen molar-refractivity contribution in [3.05, 3.63) is 35.1 Å². The first-order valence-corrected chi connectivity index (χ1v) is 6.93. The van der Waals surface area contributed by atoms with Gasteiger partial charge in [0.2, 0.25) is 0 Å². The number of hydrogen-bond acceptors (Lipinski definition) is 2. The molecular formula is C13H18FNS. The lowest BCUT2D eigenvalue weighted by atomic mass is 10.1. The Morgan fingerprint density at radius 1 is 1.31 bits per heavy atom. The normalized spacial score (nSPS) is 16.9. The summed E-state index contributed by atoms with van der Waals surface area (Å²) in [6.45, 7) is 0.487. The van der Waals surface area contributed by atoms with Gasteiger partial charge in [0.15, 0.2) is 0 Å². The second-order valence-corrected chi connectivity index (χ2v) is 5.64. The van der Waals surface area contributed by atoms with E-state index < -0.39 is 0 Å². The van der Waals surface area contributed by atoms with Crippen molar-refractivity contribution in [3.63, 3.8) is 0 Å². The van der Waals surface area contributed by atoms with Crippen LogP contribution in [0.4, 0.5) is 4.39 Å². The molecule has 0 unspecified atom stereocenters. The summed E-state index contributed by atoms with van der Waals surface area (Å²) in [5, 5.41) is 0.737. The van der Waals surface area contributed by atoms with Crippen molar-refractivity contribution in [2.45, 2.75) is 43.2 Å². The van der Waals surface area contributed by atoms with Gasteiger partial charge in [-0.2, -0.15) is 11.8 Å². The van der Waals surface area contributed by atoms with Gasteiger partial charge in [-0.1, -0.05) is 25.0 Å². The molecule has 1 aliphatic rings. The van der Waals surface area contributed by atoms with Crippen molar-refractivity contribution in [2.24, 2.45) is 5.73 Å². The van der Waals surface area contributed by atoms with Crippen LogP contribution in [0.5, 0.6) is 0 Å². The number of thioether (sulfide) groups is 1. The largest absolute Gasteiger partial charge is 0.326 e. The molecule has 1 aromatic rings. The van der Waals surface area contributed by atoms with Crippen LogP contribution in [0.3, 0.4) is 0 Å². The van der Waals surface area contributed by atoms with E-state index in [9.17, 15) is 4.39 Å². The average molecular weight is 239 g/mol. The maximum Gasteiger partial charge on any atom is 0.127 e. The molecule has 0 aliphatic heterocycles. The molecule has 88 valence electrons. The topological polar surface area (TPSA) is 26.0 Å². The Kier molecular flexibility index (Phi) is 4.24. The van der Waals surface area contributed by atoms with Crippen LogP contribution in [0.1, 0.15) is 36.8 Å². The third kappa shape index (κ3) is 2.98. The molecule has 0 saturated heterocycles. The van der Waals surface area contributed by atoms with Crippen molar-refractivity contribution in [3.8, 4) is 0 Å². The standard InChI is InChI=1S/C13H18FNS/c14-13-6-5-10(8-15)7-11(13)9-16-12-3-1-2-4-12/h5-7,12H,1-4,8-9,15H2. The quantitative estimate of drug-likeness (QED) is 0.870. The second-order valence-electron chi connectivity index (χ2n) is 4.35. The van der Waals surface area contributed by atoms with Crippen LogP contribution < -0.4 is 5.73 Å². The molecular weight excluding hydrogens is 221 g/mol. The molecule has 0 aromatic heterocycles. The zero-order valence-electron chi connectivity index (χ0n) is 9.42. The van der Waals surface area contributed by atoms with E-state index in [0.29, 0.717) is 6.54 Å². The van der Waals surface area contributed by atoms with Gasteiger partial charge in [-0.25, -0.2) is 4.39 Å². The van der Waals surface area contributed by atoms with Crippen molar-refractivity contribution in [2.75, 3.05) is 0 Å². The van der Waals surface area contributed by atoms with Crippen molar-refractivity contribution < 1.29 is 4.39 Å². The summed E-state index contributed by atoms with van der Waals surface area (Å²) in [4.78, 5) is 0. The minimum atomic E-state index is -0.0947. The van der Waals surface area contributed by atoms with Crippen LogP contribution in [-0.2, 0) is 12.3 Å². The van der Waals surface area contributed by atoms with Gasteiger partial charge in [-0.05, 0) is 30.0 Å². The number of nitrogens with two attached hydrogens (primary N) is 1. The summed E-state index contributed by atoms with van der Waals surface area (Å²) in [6.07, 6.45) is 5.26. The molecule has 0 bridgehead atoms. The smallest absolute Gasteiger partial charge is 0.127 e. The Morgan fingerprint density at radius 2 is 2.06 bits per heavy atom. The molecule has 16 heavy (non-hydrogen) atoms. The van der Waals surface area contributed by atoms with E-state index in [4.69, 9.17) is 5.73 Å². The molecule has 0 atom stereocenters. The maximum absolute atomic E-state index is 13.5. The Hall–Kier alpha value is -0.540. The summed E-state index contributed by atoms with van der Waals surface area (Å²) in [7, 11) is 0. The van der Waals surface area contributed by atoms with Gasteiger partial charge in [-0.15, -0.1) is 0 Å². The molecule has 2 N–H and O–H groups in total. The van der Waals surface area contributed by atoms with E-state index in [2.05, 4.69) is 0 Å². The molecule has 1 aromatic carbocycles. The molecule has 0 radical (unpaired) electrons. The van der Waals surface area contributed by atoms with Crippen LogP contribution in [-0.4, -0.2) is 5.25 Å². The van der Waals surface area contributed by atoms with Gasteiger partial charge in [0.1, 0.15) is 5.82 Å². The van der Waals surface area contributed by atoms with E-state index in [0.717, 1.165) is 22.1 Å². The summed E-state index contributed by atoms with van der Waals surface area (Å²) in [5.74, 6) is 0.687. The third-order valence-corrected chi connectivity index (χ3v) is 4.54. The highest BCUT2D eigenvalue weighted by Gasteiger charge is 2.16. The zero-order chi connectivity index (χ0) is 11.4. The highest BCUT2D eigenvalue weighted by molar-refractivity contribution is 7.99. The lowest BCUT2D eigenvalue weighted by Crippen LogP contribution is -2.00. The number of benzene rings is 1. The summed E-state index contributed by atoms with van der Waals surface area (Å²) < 4.78 is 13.5. The SMILES string of the molecule is NCc1ccc(F)c(CSC2CCCC2)c1. The number of halogens is 1. The zero-order valence-corrected chi connectivity index (χ0v) is 10.2. The van der Waals surface area contributed by atoms with Crippen LogP contribution in [0.25, 0.3) is 0 Å². The highest BCUT2D eigenvalue weighted by Crippen LogP contribution is 2.32. The van der Waals surface area contributed by atoms with E-state index >= 15 is 0 Å². The average Bonchev–Trinajstić information content (AvgIpc) is 2.81. The molecule has 1 aliphatic carbocycles. The van der Waals surface area contributed by atoms with Crippen molar-refractivity contribution in [1.82, 2.24) is 0 Å². The van der Waals surface area contributed by atoms with Gasteiger partial charge in [-0.3, -0.25) is 0 Å². The number of hydrogen-bond donors (Lipinski definition) is 1. The van der Waals surface area contributed by atoms with E-state index in [-0.39, 0.29) is 5.82 Å². The first-order valence-electron chi connectivity index (χ1n) is 5.88. The maximum atomic E-state index is 13.5. The van der Waals surface area contributed by atoms with Crippen LogP contribution in [0.15, 0.2) is 18.2 Å². The fraction of sp³-hybridized carbons (Fsp3) is 0.538. The molecule has 1 fully saturated rings. The first kappa shape index (κ1) is 11.9. The summed E-state index contributed by atoms with van der Waals surface area (Å²) in [6, 6.07) is 5.20. The summed E-state index contributed by atoms with van der Waals surface area (Å²) in [5.41, 5.74) is 7.38. The minimum absolute atomic E-state index is 0.0947. The predicted molar refractivity (Wildman–Crippen MR) is 67.8 cm³/mol. The van der Waals surface area contributed by atoms with Gasteiger partial charge in [0.25, 0.3) is 0 Å². The van der Waals surface area contributed by atoms with E-state index in [1.54, 1.807) is 6.07 Å². The lowest BCUT2D eigenvalue weighted by Gasteiger charge is -2.10. The van der Waals surface area contributed by atoms with Gasteiger partial charge < -0.3 is 5.73 Å². The van der Waals surface area contributed by atoms with Crippen LogP contribution in [0, 0.1) is 5.82 Å². The molecule has 0 heterocycles. The highest BCUT2D eigenvalue weighted by atomic mass is 32.2. The number of rotatable bonds is 4. The van der Waals surface area contributed by atoms with E-state index in [1.165, 1.54) is 31.7 Å². The van der Waals surface area contributed by atoms with Gasteiger partial charge in [0.05, 0.1) is 0 Å². The molecule has 0 spiro atoms. The minimum Gasteiger partial charge on any atom is -0.326 e. The Bertz CT molecular complexity index is 348. The summed E-state index contributed by atoms with van der Waals surface area (Å²) >= 11 is 1.89. The lowest BCUT2D eigenvalue weighted by molar-refractivity contribution is 0.616. The Morgan fingerprint density at radius 3 is 2.75 bits per heavy atom. The van der Waals surface area contributed by atoms with Crippen LogP contribution >= 0.6 is 11.8 Å². The van der Waals surface area contributed by atoms with Gasteiger partial charge in [0, 0.05) is 17.5 Å². The Labute approximate surface area is 101 Å². The predicted octanol–water partition coefficient (Wildman–Crippen LogP) is 3.46. The van der Waals surface area contributed by atoms with Gasteiger partial charge >= 0.3 is 0 Å². The molecule has 0 amide bonds. The monoisotopic (exact) mass is 239 g/mol. The molecule has 1 nitrogen and oxygen atoms in total. The Balaban J connectivity index is 1.96. The molecule has 3 heteroatoms.